The average Bonchev–Trinajstić information content (AvgIpc) is 2.62. The number of aromatic nitrogens is 1. The number of hydrogen-bond acceptors (Lipinski definition) is 4. The van der Waals surface area contributed by atoms with E-state index in [2.05, 4.69) is 10.3 Å². The van der Waals surface area contributed by atoms with Crippen LogP contribution in [-0.2, 0) is 0 Å². The number of benzene rings is 2. The summed E-state index contributed by atoms with van der Waals surface area (Å²) in [4.78, 5) is 17.4. The minimum absolute atomic E-state index is 0.309. The number of fused-ring (bicyclic) bond motifs is 1. The summed E-state index contributed by atoms with van der Waals surface area (Å²) >= 11 is 0.394. The van der Waals surface area contributed by atoms with Gasteiger partial charge in [0.15, 0.2) is 0 Å². The molecule has 1 heterocycles. The Morgan fingerprint density at radius 2 is 1.96 bits per heavy atom. The molecule has 3 rings (SSSR count). The van der Waals surface area contributed by atoms with Crippen molar-refractivity contribution in [2.24, 2.45) is 0 Å². The van der Waals surface area contributed by atoms with Gasteiger partial charge in [-0.05, 0) is 43.3 Å². The topological polar surface area (TPSA) is 51.2 Å². The highest BCUT2D eigenvalue weighted by Crippen LogP contribution is 2.32. The zero-order chi connectivity index (χ0) is 18.7. The van der Waals surface area contributed by atoms with E-state index >= 15 is 0 Å². The number of anilines is 1. The first kappa shape index (κ1) is 18.1. The Bertz CT molecular complexity index is 963. The smallest absolute Gasteiger partial charge is 0.288 e. The molecule has 7 heteroatoms. The highest BCUT2D eigenvalue weighted by atomic mass is 32.2. The number of halogens is 2. The average molecular weight is 374 g/mol. The second-order valence-electron chi connectivity index (χ2n) is 5.51. The summed E-state index contributed by atoms with van der Waals surface area (Å²) in [5.74, 6) is -2.31. The van der Waals surface area contributed by atoms with Crippen molar-refractivity contribution < 1.29 is 18.3 Å². The van der Waals surface area contributed by atoms with Gasteiger partial charge in [0.1, 0.15) is 5.75 Å². The molecule has 2 aromatic carbocycles. The number of amides is 1. The predicted molar refractivity (Wildman–Crippen MR) is 99.3 cm³/mol. The molecule has 1 aromatic heterocycles. The van der Waals surface area contributed by atoms with Gasteiger partial charge in [-0.15, -0.1) is 0 Å². The van der Waals surface area contributed by atoms with Crippen LogP contribution in [0, 0.1) is 6.92 Å². The van der Waals surface area contributed by atoms with E-state index in [4.69, 9.17) is 4.74 Å². The normalized spacial score (nSPS) is 11.0. The molecule has 0 fully saturated rings. The van der Waals surface area contributed by atoms with Gasteiger partial charge in [0.2, 0.25) is 0 Å². The van der Waals surface area contributed by atoms with Gasteiger partial charge >= 0.3 is 0 Å². The van der Waals surface area contributed by atoms with Crippen molar-refractivity contribution in [3.05, 3.63) is 59.8 Å². The lowest BCUT2D eigenvalue weighted by atomic mass is 10.1. The summed E-state index contributed by atoms with van der Waals surface area (Å²) in [5.41, 5.74) is 2.02. The number of hydrogen-bond donors (Lipinski definition) is 1. The molecule has 0 saturated carbocycles. The number of thioether (sulfide) groups is 1. The number of para-hydroxylation sites is 1. The van der Waals surface area contributed by atoms with Gasteiger partial charge < -0.3 is 10.1 Å². The first-order valence-corrected chi connectivity index (χ1v) is 8.66. The second kappa shape index (κ2) is 7.70. The lowest BCUT2D eigenvalue weighted by molar-refractivity contribution is 0.102. The van der Waals surface area contributed by atoms with Crippen LogP contribution in [0.15, 0.2) is 53.4 Å². The number of nitrogens with one attached hydrogen (secondary N) is 1. The van der Waals surface area contributed by atoms with Gasteiger partial charge in [-0.2, -0.15) is 8.78 Å². The first-order valence-electron chi connectivity index (χ1n) is 7.78. The van der Waals surface area contributed by atoms with Gasteiger partial charge in [0.05, 0.1) is 29.6 Å². The molecule has 0 radical (unpaired) electrons. The summed E-state index contributed by atoms with van der Waals surface area (Å²) in [6.45, 7) is 1.73. The fraction of sp³-hybridized carbons (Fsp3) is 0.158. The van der Waals surface area contributed by atoms with Gasteiger partial charge in [0, 0.05) is 10.3 Å². The Labute approximate surface area is 153 Å². The van der Waals surface area contributed by atoms with Crippen molar-refractivity contribution in [1.29, 1.82) is 0 Å². The maximum atomic E-state index is 12.7. The SMILES string of the molecule is COc1ccc2nc(C)c(C(=O)Nc3ccccc3SC(F)F)cc2c1. The van der Waals surface area contributed by atoms with Crippen molar-refractivity contribution in [2.45, 2.75) is 17.6 Å². The highest BCUT2D eigenvalue weighted by Gasteiger charge is 2.16. The number of alkyl halides is 2. The predicted octanol–water partition coefficient (Wildman–Crippen LogP) is 5.12. The molecule has 4 nitrogen and oxygen atoms in total. The molecule has 0 saturated heterocycles. The van der Waals surface area contributed by atoms with Crippen LogP contribution in [0.3, 0.4) is 0 Å². The molecule has 3 aromatic rings. The number of nitrogens with zero attached hydrogens (tertiary/aromatic N) is 1. The number of methoxy groups -OCH3 is 1. The minimum Gasteiger partial charge on any atom is -0.497 e. The van der Waals surface area contributed by atoms with Gasteiger partial charge in [0.25, 0.3) is 11.7 Å². The number of rotatable bonds is 5. The van der Waals surface area contributed by atoms with Crippen LogP contribution >= 0.6 is 11.8 Å². The Morgan fingerprint density at radius 1 is 1.19 bits per heavy atom. The Kier molecular flexibility index (Phi) is 5.37. The Balaban J connectivity index is 1.94. The molecular formula is C19H16F2N2O2S. The van der Waals surface area contributed by atoms with Crippen LogP contribution < -0.4 is 10.1 Å². The van der Waals surface area contributed by atoms with E-state index in [0.717, 1.165) is 10.9 Å². The molecular weight excluding hydrogens is 358 g/mol. The van der Waals surface area contributed by atoms with Gasteiger partial charge in [-0.25, -0.2) is 0 Å². The summed E-state index contributed by atoms with van der Waals surface area (Å²) in [6, 6.07) is 13.6. The molecule has 1 N–H and O–H groups in total. The van der Waals surface area contributed by atoms with Crippen LogP contribution in [0.1, 0.15) is 16.1 Å². The lowest BCUT2D eigenvalue weighted by Gasteiger charge is -2.12. The first-order chi connectivity index (χ1) is 12.5. The molecule has 134 valence electrons. The molecule has 26 heavy (non-hydrogen) atoms. The molecule has 0 atom stereocenters. The Hall–Kier alpha value is -2.67. The zero-order valence-electron chi connectivity index (χ0n) is 14.1. The summed E-state index contributed by atoms with van der Waals surface area (Å²) < 4.78 is 30.6. The number of carbonyl (C=O) groups is 1. The quantitative estimate of drug-likeness (QED) is 0.630. The highest BCUT2D eigenvalue weighted by molar-refractivity contribution is 7.99. The second-order valence-corrected chi connectivity index (χ2v) is 6.54. The van der Waals surface area contributed by atoms with Gasteiger partial charge in [-0.3, -0.25) is 9.78 Å². The molecule has 0 aliphatic rings. The van der Waals surface area contributed by atoms with Crippen molar-refractivity contribution >= 4 is 34.3 Å². The maximum absolute atomic E-state index is 12.7. The molecule has 1 amide bonds. The monoisotopic (exact) mass is 374 g/mol. The molecule has 0 spiro atoms. The van der Waals surface area contributed by atoms with E-state index in [9.17, 15) is 13.6 Å². The van der Waals surface area contributed by atoms with Crippen LogP contribution in [-0.4, -0.2) is 23.8 Å². The van der Waals surface area contributed by atoms with Crippen molar-refractivity contribution in [3.63, 3.8) is 0 Å². The third-order valence-corrected chi connectivity index (χ3v) is 4.60. The number of ether oxygens (including phenoxy) is 1. The van der Waals surface area contributed by atoms with E-state index in [1.54, 1.807) is 56.5 Å². The Morgan fingerprint density at radius 3 is 2.69 bits per heavy atom. The largest absolute Gasteiger partial charge is 0.497 e. The summed E-state index contributed by atoms with van der Waals surface area (Å²) in [6.07, 6.45) is 0. The minimum atomic E-state index is -2.57. The fourth-order valence-corrected chi connectivity index (χ4v) is 3.16. The zero-order valence-corrected chi connectivity index (χ0v) is 14.9. The fourth-order valence-electron chi connectivity index (χ4n) is 2.57. The standard InChI is InChI=1S/C19H16F2N2O2S/c1-11-14(10-12-9-13(25-2)7-8-15(12)22-11)18(24)23-16-5-3-4-6-17(16)26-19(20)21/h3-10,19H,1-2H3,(H,23,24). The molecule has 0 aliphatic carbocycles. The van der Waals surface area contributed by atoms with E-state index in [1.165, 1.54) is 0 Å². The van der Waals surface area contributed by atoms with Crippen LogP contribution in [0.2, 0.25) is 0 Å². The van der Waals surface area contributed by atoms with Crippen LogP contribution in [0.25, 0.3) is 10.9 Å². The third-order valence-electron chi connectivity index (χ3n) is 3.81. The molecule has 0 unspecified atom stereocenters. The van der Waals surface area contributed by atoms with Crippen LogP contribution in [0.4, 0.5) is 14.5 Å². The van der Waals surface area contributed by atoms with E-state index in [0.29, 0.717) is 39.4 Å². The maximum Gasteiger partial charge on any atom is 0.288 e. The van der Waals surface area contributed by atoms with E-state index in [1.807, 2.05) is 6.07 Å². The van der Waals surface area contributed by atoms with Crippen molar-refractivity contribution in [1.82, 2.24) is 4.98 Å². The van der Waals surface area contributed by atoms with Crippen molar-refractivity contribution in [2.75, 3.05) is 12.4 Å². The van der Waals surface area contributed by atoms with E-state index in [-0.39, 0.29) is 0 Å². The van der Waals surface area contributed by atoms with Gasteiger partial charge in [-0.1, -0.05) is 23.9 Å². The third kappa shape index (κ3) is 3.94. The number of aryl methyl sites for hydroxylation is 1. The molecule has 0 bridgehead atoms. The number of carbonyl (C=O) groups excluding carboxylic acids is 1. The molecule has 0 aliphatic heterocycles. The van der Waals surface area contributed by atoms with E-state index < -0.39 is 11.7 Å². The van der Waals surface area contributed by atoms with Crippen LogP contribution in [0.5, 0.6) is 5.75 Å². The summed E-state index contributed by atoms with van der Waals surface area (Å²) in [7, 11) is 1.56. The number of pyridine rings is 1. The lowest BCUT2D eigenvalue weighted by Crippen LogP contribution is -2.15. The summed E-state index contributed by atoms with van der Waals surface area (Å²) in [5, 5.41) is 3.46. The van der Waals surface area contributed by atoms with Crippen molar-refractivity contribution in [3.8, 4) is 5.75 Å².